The Morgan fingerprint density at radius 2 is 1.60 bits per heavy atom. The Bertz CT molecular complexity index is 1230. The van der Waals surface area contributed by atoms with Crippen LogP contribution in [0.4, 0.5) is 0 Å². The fraction of sp³-hybridized carbons (Fsp3) is 0. The van der Waals surface area contributed by atoms with Crippen LogP contribution in [0.15, 0.2) is 69.8 Å². The SMILES string of the molecule is [2H]c1nc(Br)c([2H])c([2H])c1-c1c([2H])c([2H])c([2H])c(-c2nc(Br)c([2H])c([2H])c2[2H])c1[2H]. The van der Waals surface area contributed by atoms with Crippen LogP contribution in [0.2, 0.25) is 0 Å². The predicted molar refractivity (Wildman–Crippen MR) is 88.3 cm³/mol. The van der Waals surface area contributed by atoms with Gasteiger partial charge in [0.1, 0.15) is 9.21 Å². The molecule has 0 atom stereocenters. The van der Waals surface area contributed by atoms with Crippen LogP contribution in [0.3, 0.4) is 0 Å². The first-order chi connectivity index (χ1) is 13.9. The molecule has 4 heteroatoms. The molecule has 1 aromatic carbocycles. The average Bonchev–Trinajstić information content (AvgIpc) is 2.69. The first kappa shape index (κ1) is 6.08. The molecule has 0 N–H and O–H groups in total. The van der Waals surface area contributed by atoms with E-state index < -0.39 is 48.5 Å². The molecule has 0 aliphatic heterocycles. The van der Waals surface area contributed by atoms with Crippen LogP contribution in [0.1, 0.15) is 13.7 Å². The molecule has 20 heavy (non-hydrogen) atoms. The fourth-order valence-electron chi connectivity index (χ4n) is 1.39. The Morgan fingerprint density at radius 1 is 0.800 bits per heavy atom. The maximum absolute atomic E-state index is 8.57. The van der Waals surface area contributed by atoms with Crippen LogP contribution in [0.25, 0.3) is 22.4 Å². The van der Waals surface area contributed by atoms with E-state index in [1.807, 2.05) is 0 Å². The standard InChI is InChI=1S/C16H10Br2N2/c17-15-8-7-13(10-19-15)11-3-1-4-12(9-11)14-5-2-6-16(18)20-14/h1-10H/i1D,2D,3D,4D,5D,6D,7D,8D,9D,10D. The summed E-state index contributed by atoms with van der Waals surface area (Å²) < 4.78 is 80.9. The van der Waals surface area contributed by atoms with E-state index in [-0.39, 0.29) is 43.7 Å². The highest BCUT2D eigenvalue weighted by Gasteiger charge is 2.03. The largest absolute Gasteiger partial charge is 0.249 e. The number of benzene rings is 1. The zero-order valence-electron chi connectivity index (χ0n) is 19.7. The predicted octanol–water partition coefficient (Wildman–Crippen LogP) is 5.34. The summed E-state index contributed by atoms with van der Waals surface area (Å²) in [4.78, 5) is 7.78. The summed E-state index contributed by atoms with van der Waals surface area (Å²) in [5.74, 6) is 0. The number of hydrogen-bond acceptors (Lipinski definition) is 2. The van der Waals surface area contributed by atoms with Crippen molar-refractivity contribution in [2.75, 3.05) is 0 Å². The molecule has 0 aliphatic rings. The molecule has 0 unspecified atom stereocenters. The maximum Gasteiger partial charge on any atom is 0.106 e. The van der Waals surface area contributed by atoms with Gasteiger partial charge in [-0.1, -0.05) is 30.2 Å². The normalized spacial score (nSPS) is 17.5. The molecule has 0 amide bonds. The van der Waals surface area contributed by atoms with E-state index in [1.54, 1.807) is 0 Å². The summed E-state index contributed by atoms with van der Waals surface area (Å²) in [5, 5.41) is 0. The quantitative estimate of drug-likeness (QED) is 0.543. The third kappa shape index (κ3) is 2.97. The lowest BCUT2D eigenvalue weighted by molar-refractivity contribution is 1.27. The monoisotopic (exact) mass is 398 g/mol. The van der Waals surface area contributed by atoms with E-state index in [4.69, 9.17) is 13.7 Å². The van der Waals surface area contributed by atoms with Crippen molar-refractivity contribution < 1.29 is 13.7 Å². The van der Waals surface area contributed by atoms with Gasteiger partial charge in [-0.3, -0.25) is 0 Å². The molecule has 2 heterocycles. The van der Waals surface area contributed by atoms with Crippen molar-refractivity contribution in [1.82, 2.24) is 9.97 Å². The molecule has 98 valence electrons. The minimum absolute atomic E-state index is 0.0633. The molecule has 0 spiro atoms. The number of nitrogens with zero attached hydrogens (tertiary/aromatic N) is 2. The summed E-state index contributed by atoms with van der Waals surface area (Å²) in [6, 6.07) is -4.66. The second kappa shape index (κ2) is 5.85. The smallest absolute Gasteiger partial charge is 0.106 e. The van der Waals surface area contributed by atoms with Crippen LogP contribution >= 0.6 is 31.9 Å². The zero-order valence-corrected chi connectivity index (χ0v) is 12.8. The van der Waals surface area contributed by atoms with E-state index in [1.165, 1.54) is 0 Å². The summed E-state index contributed by atoms with van der Waals surface area (Å²) >= 11 is 5.98. The number of pyridine rings is 2. The first-order valence-corrected chi connectivity index (χ1v) is 6.86. The molecule has 3 aromatic rings. The lowest BCUT2D eigenvalue weighted by Crippen LogP contribution is -1.86. The van der Waals surface area contributed by atoms with Gasteiger partial charge in [0.15, 0.2) is 0 Å². The van der Waals surface area contributed by atoms with Crippen LogP contribution in [0.5, 0.6) is 0 Å². The van der Waals surface area contributed by atoms with Gasteiger partial charge in [-0.25, -0.2) is 9.97 Å². The van der Waals surface area contributed by atoms with Crippen molar-refractivity contribution in [3.05, 3.63) is 69.8 Å². The lowest BCUT2D eigenvalue weighted by atomic mass is 10.0. The Kier molecular flexibility index (Phi) is 1.78. The molecule has 3 rings (SSSR count). The first-order valence-electron chi connectivity index (χ1n) is 10.3. The van der Waals surface area contributed by atoms with Gasteiger partial charge in [0, 0.05) is 17.3 Å². The molecule has 0 radical (unpaired) electrons. The Hall–Kier alpha value is -1.52. The zero-order chi connectivity index (χ0) is 22.7. The molecule has 0 saturated heterocycles. The van der Waals surface area contributed by atoms with E-state index in [0.717, 1.165) is 0 Å². The van der Waals surface area contributed by atoms with Crippen molar-refractivity contribution in [3.8, 4) is 22.4 Å². The molecular formula is C16H10Br2N2. The molecule has 0 saturated carbocycles. The third-order valence-corrected chi connectivity index (χ3v) is 2.98. The number of rotatable bonds is 2. The van der Waals surface area contributed by atoms with Crippen molar-refractivity contribution in [2.24, 2.45) is 0 Å². The van der Waals surface area contributed by atoms with Gasteiger partial charge >= 0.3 is 0 Å². The van der Waals surface area contributed by atoms with Crippen molar-refractivity contribution in [2.45, 2.75) is 0 Å². The second-order valence-corrected chi connectivity index (χ2v) is 5.02. The van der Waals surface area contributed by atoms with Crippen LogP contribution in [-0.2, 0) is 0 Å². The van der Waals surface area contributed by atoms with E-state index >= 15 is 0 Å². The minimum Gasteiger partial charge on any atom is -0.249 e. The van der Waals surface area contributed by atoms with Gasteiger partial charge in [0.25, 0.3) is 0 Å². The van der Waals surface area contributed by atoms with Gasteiger partial charge in [-0.15, -0.1) is 0 Å². The summed E-state index contributed by atoms with van der Waals surface area (Å²) in [5.41, 5.74) is -1.37. The average molecular weight is 400 g/mol. The molecule has 2 aromatic heterocycles. The van der Waals surface area contributed by atoms with Gasteiger partial charge in [-0.05, 0) is 61.6 Å². The van der Waals surface area contributed by atoms with Gasteiger partial charge < -0.3 is 0 Å². The molecular weight excluding hydrogens is 380 g/mol. The fourth-order valence-corrected chi connectivity index (χ4v) is 1.86. The number of aromatic nitrogens is 2. The van der Waals surface area contributed by atoms with Crippen LogP contribution in [0, 0.1) is 0 Å². The van der Waals surface area contributed by atoms with Crippen LogP contribution in [-0.4, -0.2) is 9.97 Å². The van der Waals surface area contributed by atoms with E-state index in [9.17, 15) is 0 Å². The van der Waals surface area contributed by atoms with Crippen molar-refractivity contribution >= 4 is 31.9 Å². The Balaban J connectivity index is 2.51. The highest BCUT2D eigenvalue weighted by atomic mass is 79.9. The summed E-state index contributed by atoms with van der Waals surface area (Å²) in [7, 11) is 0. The van der Waals surface area contributed by atoms with E-state index in [0.29, 0.717) is 0 Å². The third-order valence-electron chi connectivity index (χ3n) is 2.22. The Morgan fingerprint density at radius 3 is 2.50 bits per heavy atom. The minimum atomic E-state index is -0.636. The number of hydrogen-bond donors (Lipinski definition) is 0. The second-order valence-electron chi connectivity index (χ2n) is 3.52. The lowest BCUT2D eigenvalue weighted by Gasteiger charge is -2.05. The highest BCUT2D eigenvalue weighted by Crippen LogP contribution is 2.26. The van der Waals surface area contributed by atoms with E-state index in [2.05, 4.69) is 41.8 Å². The van der Waals surface area contributed by atoms with Gasteiger partial charge in [-0.2, -0.15) is 0 Å². The maximum atomic E-state index is 8.57. The molecule has 0 fully saturated rings. The van der Waals surface area contributed by atoms with Gasteiger partial charge in [0.2, 0.25) is 0 Å². The molecule has 0 bridgehead atoms. The topological polar surface area (TPSA) is 25.8 Å². The van der Waals surface area contributed by atoms with Crippen molar-refractivity contribution in [3.63, 3.8) is 0 Å². The van der Waals surface area contributed by atoms with Gasteiger partial charge in [0.05, 0.1) is 19.4 Å². The van der Waals surface area contributed by atoms with Crippen molar-refractivity contribution in [1.29, 1.82) is 0 Å². The highest BCUT2D eigenvalue weighted by molar-refractivity contribution is 9.10. The number of halogens is 2. The summed E-state index contributed by atoms with van der Waals surface area (Å²) in [6.07, 6.45) is -0.504. The summed E-state index contributed by atoms with van der Waals surface area (Å²) in [6.45, 7) is 0. The van der Waals surface area contributed by atoms with Crippen LogP contribution < -0.4 is 0 Å². The molecule has 2 nitrogen and oxygen atoms in total. The molecule has 0 aliphatic carbocycles. The Labute approximate surface area is 148 Å².